The first kappa shape index (κ1) is 25.1. The van der Waals surface area contributed by atoms with Crippen molar-refractivity contribution in [1.82, 2.24) is 9.66 Å². The van der Waals surface area contributed by atoms with Crippen LogP contribution in [0.4, 0.5) is 4.39 Å². The number of aromatic nitrogens is 2. The van der Waals surface area contributed by atoms with E-state index in [1.807, 2.05) is 26.0 Å². The van der Waals surface area contributed by atoms with Gasteiger partial charge in [0.05, 0.1) is 24.2 Å². The van der Waals surface area contributed by atoms with Crippen LogP contribution in [0.5, 0.6) is 11.5 Å². The topological polar surface area (TPSA) is 65.7 Å². The smallest absolute Gasteiger partial charge is 0.282 e. The molecule has 0 amide bonds. The Kier molecular flexibility index (Phi) is 7.66. The molecule has 0 aliphatic heterocycles. The van der Waals surface area contributed by atoms with E-state index in [2.05, 4.69) is 41.9 Å². The summed E-state index contributed by atoms with van der Waals surface area (Å²) in [4.78, 5) is 17.9. The lowest BCUT2D eigenvalue weighted by Gasteiger charge is -2.14. The number of halogens is 3. The lowest BCUT2D eigenvalue weighted by molar-refractivity contribution is 0.279. The number of ether oxygens (including phenoxy) is 2. The van der Waals surface area contributed by atoms with Gasteiger partial charge in [-0.3, -0.25) is 4.79 Å². The maximum Gasteiger partial charge on any atom is 0.282 e. The van der Waals surface area contributed by atoms with Gasteiger partial charge in [0.15, 0.2) is 11.5 Å². The highest BCUT2D eigenvalue weighted by atomic mass is 79.9. The second-order valence-electron chi connectivity index (χ2n) is 8.05. The Balaban J connectivity index is 1.70. The molecule has 0 saturated heterocycles. The van der Waals surface area contributed by atoms with Crippen LogP contribution in [0.2, 0.25) is 0 Å². The summed E-state index contributed by atoms with van der Waals surface area (Å²) in [6.07, 6.45) is 1.56. The van der Waals surface area contributed by atoms with Crippen molar-refractivity contribution >= 4 is 49.0 Å². The van der Waals surface area contributed by atoms with Crippen molar-refractivity contribution in [1.29, 1.82) is 0 Å². The number of rotatable bonds is 7. The van der Waals surface area contributed by atoms with Crippen molar-refractivity contribution in [2.75, 3.05) is 7.11 Å². The van der Waals surface area contributed by atoms with Crippen molar-refractivity contribution in [2.24, 2.45) is 5.10 Å². The summed E-state index contributed by atoms with van der Waals surface area (Å²) in [5.74, 6) is 1.07. The lowest BCUT2D eigenvalue weighted by atomic mass is 10.2. The van der Waals surface area contributed by atoms with Gasteiger partial charge in [-0.05, 0) is 52.3 Å². The first-order valence-electron chi connectivity index (χ1n) is 10.8. The Labute approximate surface area is 218 Å². The van der Waals surface area contributed by atoms with E-state index in [-0.39, 0.29) is 23.9 Å². The average Bonchev–Trinajstić information content (AvgIpc) is 2.83. The van der Waals surface area contributed by atoms with E-state index in [0.717, 1.165) is 4.47 Å². The van der Waals surface area contributed by atoms with Crippen molar-refractivity contribution in [3.63, 3.8) is 0 Å². The number of benzene rings is 3. The predicted octanol–water partition coefficient (Wildman–Crippen LogP) is 6.65. The fourth-order valence-corrected chi connectivity index (χ4v) is 4.25. The quantitative estimate of drug-likeness (QED) is 0.222. The zero-order valence-electron chi connectivity index (χ0n) is 19.3. The monoisotopic (exact) mass is 601 g/mol. The van der Waals surface area contributed by atoms with Gasteiger partial charge < -0.3 is 9.47 Å². The van der Waals surface area contributed by atoms with Gasteiger partial charge in [0.1, 0.15) is 18.2 Å². The molecule has 0 aliphatic carbocycles. The lowest BCUT2D eigenvalue weighted by Crippen LogP contribution is -2.23. The SMILES string of the molecule is COc1cc(C=Nn2c(C(C)C)nc3ccc(Br)cc3c2=O)c(Br)cc1OCc1ccccc1F. The van der Waals surface area contributed by atoms with Crippen LogP contribution in [0.3, 0.4) is 0 Å². The third-order valence-corrected chi connectivity index (χ3v) is 6.47. The molecule has 0 aliphatic rings. The first-order valence-corrected chi connectivity index (χ1v) is 12.4. The van der Waals surface area contributed by atoms with E-state index in [1.165, 1.54) is 17.9 Å². The van der Waals surface area contributed by atoms with E-state index in [1.54, 1.807) is 42.6 Å². The summed E-state index contributed by atoms with van der Waals surface area (Å²) < 4.78 is 28.0. The summed E-state index contributed by atoms with van der Waals surface area (Å²) in [5.41, 5.74) is 1.46. The minimum absolute atomic E-state index is 0.0277. The van der Waals surface area contributed by atoms with Gasteiger partial charge in [-0.2, -0.15) is 9.78 Å². The minimum atomic E-state index is -0.336. The molecule has 1 heterocycles. The highest BCUT2D eigenvalue weighted by molar-refractivity contribution is 9.10. The Hall–Kier alpha value is -3.04. The number of fused-ring (bicyclic) bond motifs is 1. The number of methoxy groups -OCH3 is 1. The third-order valence-electron chi connectivity index (χ3n) is 5.29. The van der Waals surface area contributed by atoms with Gasteiger partial charge in [-0.15, -0.1) is 0 Å². The van der Waals surface area contributed by atoms with Crippen LogP contribution in [0, 0.1) is 5.82 Å². The number of nitrogens with zero attached hydrogens (tertiary/aromatic N) is 3. The van der Waals surface area contributed by atoms with Gasteiger partial charge in [0.25, 0.3) is 5.56 Å². The van der Waals surface area contributed by atoms with Crippen molar-refractivity contribution in [2.45, 2.75) is 26.4 Å². The molecule has 0 saturated carbocycles. The molecule has 9 heteroatoms. The molecule has 0 N–H and O–H groups in total. The van der Waals surface area contributed by atoms with Gasteiger partial charge >= 0.3 is 0 Å². The largest absolute Gasteiger partial charge is 0.493 e. The maximum atomic E-state index is 13.9. The fraction of sp³-hybridized carbons (Fsp3) is 0.192. The van der Waals surface area contributed by atoms with Crippen molar-refractivity contribution < 1.29 is 13.9 Å². The van der Waals surface area contributed by atoms with Crippen LogP contribution in [0.15, 0.2) is 73.4 Å². The molecule has 0 radical (unpaired) electrons. The van der Waals surface area contributed by atoms with Crippen molar-refractivity contribution in [3.05, 3.63) is 96.7 Å². The summed E-state index contributed by atoms with van der Waals surface area (Å²) in [5, 5.41) is 4.94. The molecule has 0 fully saturated rings. The third kappa shape index (κ3) is 5.46. The van der Waals surface area contributed by atoms with E-state index < -0.39 is 0 Å². The Morgan fingerprint density at radius 1 is 1.11 bits per heavy atom. The Morgan fingerprint density at radius 2 is 1.89 bits per heavy atom. The zero-order valence-corrected chi connectivity index (χ0v) is 22.4. The average molecular weight is 603 g/mol. The molecule has 4 aromatic rings. The molecular weight excluding hydrogens is 581 g/mol. The van der Waals surface area contributed by atoms with Crippen LogP contribution in [-0.4, -0.2) is 23.0 Å². The van der Waals surface area contributed by atoms with Crippen LogP contribution in [-0.2, 0) is 6.61 Å². The Bertz CT molecular complexity index is 1490. The second kappa shape index (κ2) is 10.7. The van der Waals surface area contributed by atoms with E-state index in [9.17, 15) is 9.18 Å². The molecule has 3 aromatic carbocycles. The normalized spacial score (nSPS) is 11.5. The molecule has 180 valence electrons. The standard InChI is InChI=1S/C26H22Br2FN3O3/c1-15(2)25-31-22-9-8-18(27)11-19(22)26(33)32(25)30-13-17-10-23(34-3)24(12-20(17)28)35-14-16-6-4-5-7-21(16)29/h4-13,15H,14H2,1-3H3. The van der Waals surface area contributed by atoms with Crippen LogP contribution < -0.4 is 15.0 Å². The molecule has 4 rings (SSSR count). The minimum Gasteiger partial charge on any atom is -0.493 e. The summed E-state index contributed by atoms with van der Waals surface area (Å²) in [6, 6.07) is 15.3. The van der Waals surface area contributed by atoms with Crippen LogP contribution >= 0.6 is 31.9 Å². The van der Waals surface area contributed by atoms with Gasteiger partial charge in [0, 0.05) is 26.0 Å². The predicted molar refractivity (Wildman–Crippen MR) is 142 cm³/mol. The first-order chi connectivity index (χ1) is 16.8. The van der Waals surface area contributed by atoms with Crippen molar-refractivity contribution in [3.8, 4) is 11.5 Å². The molecule has 1 aromatic heterocycles. The molecule has 0 unspecified atom stereocenters. The highest BCUT2D eigenvalue weighted by Gasteiger charge is 2.15. The van der Waals surface area contributed by atoms with Gasteiger partial charge in [0.2, 0.25) is 0 Å². The summed E-state index contributed by atoms with van der Waals surface area (Å²) in [7, 11) is 1.52. The zero-order chi connectivity index (χ0) is 25.1. The number of hydrogen-bond acceptors (Lipinski definition) is 5. The fourth-order valence-electron chi connectivity index (χ4n) is 3.46. The second-order valence-corrected chi connectivity index (χ2v) is 9.82. The summed E-state index contributed by atoms with van der Waals surface area (Å²) in [6.45, 7) is 3.96. The number of hydrogen-bond donors (Lipinski definition) is 0. The molecule has 35 heavy (non-hydrogen) atoms. The van der Waals surface area contributed by atoms with E-state index in [4.69, 9.17) is 9.47 Å². The van der Waals surface area contributed by atoms with Gasteiger partial charge in [-0.1, -0.05) is 48.0 Å². The van der Waals surface area contributed by atoms with E-state index in [0.29, 0.717) is 43.8 Å². The molecule has 0 spiro atoms. The molecule has 0 atom stereocenters. The summed E-state index contributed by atoms with van der Waals surface area (Å²) >= 11 is 6.94. The Morgan fingerprint density at radius 3 is 2.60 bits per heavy atom. The van der Waals surface area contributed by atoms with Crippen LogP contribution in [0.1, 0.15) is 36.7 Å². The highest BCUT2D eigenvalue weighted by Crippen LogP contribution is 2.33. The van der Waals surface area contributed by atoms with Crippen LogP contribution in [0.25, 0.3) is 10.9 Å². The van der Waals surface area contributed by atoms with Gasteiger partial charge in [-0.25, -0.2) is 9.37 Å². The molecular formula is C26H22Br2FN3O3. The van der Waals surface area contributed by atoms with E-state index >= 15 is 0 Å². The maximum absolute atomic E-state index is 13.9. The molecule has 6 nitrogen and oxygen atoms in total. The molecule has 0 bridgehead atoms.